The number of β-amino-alcohol motifs (C(OH)–C–C–N with tert-alkyl or cyclic N) is 1. The monoisotopic (exact) mass is 268 g/mol. The van der Waals surface area contributed by atoms with E-state index in [4.69, 9.17) is 11.6 Å². The summed E-state index contributed by atoms with van der Waals surface area (Å²) < 4.78 is 0. The maximum absolute atomic E-state index is 11.7. The van der Waals surface area contributed by atoms with E-state index in [1.54, 1.807) is 24.3 Å². The largest absolute Gasteiger partial charge is 0.387 e. The SMILES string of the molecule is CCC1(O)CN(CC(=O)Nc2ccc(Cl)cc2)C1. The van der Waals surface area contributed by atoms with E-state index < -0.39 is 5.60 Å². The van der Waals surface area contributed by atoms with Crippen molar-refractivity contribution < 1.29 is 9.90 Å². The predicted octanol–water partition coefficient (Wildman–Crippen LogP) is 1.74. The number of nitrogens with one attached hydrogen (secondary N) is 1. The van der Waals surface area contributed by atoms with Crippen molar-refractivity contribution in [2.75, 3.05) is 25.0 Å². The normalized spacial score (nSPS) is 18.2. The van der Waals surface area contributed by atoms with E-state index in [0.717, 1.165) is 12.1 Å². The number of likely N-dealkylation sites (tertiary alicyclic amines) is 1. The van der Waals surface area contributed by atoms with Gasteiger partial charge in [0.1, 0.15) is 0 Å². The lowest BCUT2D eigenvalue weighted by atomic mass is 9.91. The zero-order valence-electron chi connectivity index (χ0n) is 10.3. The van der Waals surface area contributed by atoms with Gasteiger partial charge in [0, 0.05) is 23.8 Å². The van der Waals surface area contributed by atoms with Gasteiger partial charge in [0.15, 0.2) is 0 Å². The van der Waals surface area contributed by atoms with Crippen molar-refractivity contribution in [3.63, 3.8) is 0 Å². The molecular formula is C13H17ClN2O2. The number of carbonyl (C=O) groups excluding carboxylic acids is 1. The number of nitrogens with zero attached hydrogens (tertiary/aromatic N) is 1. The second-order valence-corrected chi connectivity index (χ2v) is 5.21. The van der Waals surface area contributed by atoms with Crippen molar-refractivity contribution in [2.45, 2.75) is 18.9 Å². The van der Waals surface area contributed by atoms with Crippen molar-refractivity contribution >= 4 is 23.2 Å². The Bertz CT molecular complexity index is 427. The molecule has 1 saturated heterocycles. The molecule has 0 unspecified atom stereocenters. The average Bonchev–Trinajstić information content (AvgIpc) is 2.30. The third-order valence-corrected chi connectivity index (χ3v) is 3.44. The summed E-state index contributed by atoms with van der Waals surface area (Å²) in [7, 11) is 0. The van der Waals surface area contributed by atoms with Crippen LogP contribution in [0.25, 0.3) is 0 Å². The van der Waals surface area contributed by atoms with Gasteiger partial charge in [-0.25, -0.2) is 0 Å². The van der Waals surface area contributed by atoms with Gasteiger partial charge in [0.2, 0.25) is 5.91 Å². The molecule has 98 valence electrons. The number of hydrogen-bond donors (Lipinski definition) is 2. The number of hydrogen-bond acceptors (Lipinski definition) is 3. The van der Waals surface area contributed by atoms with Crippen LogP contribution in [0.4, 0.5) is 5.69 Å². The third-order valence-electron chi connectivity index (χ3n) is 3.19. The molecule has 2 N–H and O–H groups in total. The summed E-state index contributed by atoms with van der Waals surface area (Å²) in [5.74, 6) is -0.0736. The Morgan fingerprint density at radius 3 is 2.61 bits per heavy atom. The standard InChI is InChI=1S/C13H17ClN2O2/c1-2-13(18)8-16(9-13)7-12(17)15-11-5-3-10(14)4-6-11/h3-6,18H,2,7-9H2,1H3,(H,15,17). The Morgan fingerprint density at radius 1 is 1.44 bits per heavy atom. The molecule has 2 rings (SSSR count). The van der Waals surface area contributed by atoms with E-state index in [-0.39, 0.29) is 5.91 Å². The number of anilines is 1. The maximum atomic E-state index is 11.7. The molecule has 0 spiro atoms. The first-order valence-corrected chi connectivity index (χ1v) is 6.39. The van der Waals surface area contributed by atoms with E-state index in [2.05, 4.69) is 5.32 Å². The summed E-state index contributed by atoms with van der Waals surface area (Å²) >= 11 is 5.76. The van der Waals surface area contributed by atoms with Crippen LogP contribution in [0.5, 0.6) is 0 Å². The molecule has 0 radical (unpaired) electrons. The lowest BCUT2D eigenvalue weighted by Crippen LogP contribution is -2.62. The molecular weight excluding hydrogens is 252 g/mol. The van der Waals surface area contributed by atoms with Gasteiger partial charge in [-0.15, -0.1) is 0 Å². The molecule has 5 heteroatoms. The summed E-state index contributed by atoms with van der Waals surface area (Å²) in [6.07, 6.45) is 0.725. The predicted molar refractivity (Wildman–Crippen MR) is 71.8 cm³/mol. The molecule has 0 aromatic heterocycles. The molecule has 1 aliphatic heterocycles. The van der Waals surface area contributed by atoms with Gasteiger partial charge in [-0.05, 0) is 30.7 Å². The van der Waals surface area contributed by atoms with E-state index in [1.165, 1.54) is 0 Å². The topological polar surface area (TPSA) is 52.6 Å². The fourth-order valence-electron chi connectivity index (χ4n) is 2.06. The fraction of sp³-hybridized carbons (Fsp3) is 0.462. The maximum Gasteiger partial charge on any atom is 0.238 e. The summed E-state index contributed by atoms with van der Waals surface area (Å²) in [6.45, 7) is 3.39. The molecule has 1 amide bonds. The number of amides is 1. The van der Waals surface area contributed by atoms with E-state index in [9.17, 15) is 9.90 Å². The van der Waals surface area contributed by atoms with Gasteiger partial charge in [-0.1, -0.05) is 18.5 Å². The lowest BCUT2D eigenvalue weighted by Gasteiger charge is -2.45. The minimum atomic E-state index is -0.597. The molecule has 0 atom stereocenters. The number of rotatable bonds is 4. The van der Waals surface area contributed by atoms with Crippen LogP contribution in [0.3, 0.4) is 0 Å². The van der Waals surface area contributed by atoms with Crippen LogP contribution in [0.1, 0.15) is 13.3 Å². The minimum absolute atomic E-state index is 0.0736. The van der Waals surface area contributed by atoms with Crippen molar-refractivity contribution in [3.8, 4) is 0 Å². The number of benzene rings is 1. The Balaban J connectivity index is 1.78. The summed E-state index contributed by atoms with van der Waals surface area (Å²) in [4.78, 5) is 13.7. The smallest absolute Gasteiger partial charge is 0.238 e. The Morgan fingerprint density at radius 2 is 2.06 bits per heavy atom. The zero-order chi connectivity index (χ0) is 13.2. The summed E-state index contributed by atoms with van der Waals surface area (Å²) in [5, 5.41) is 13.3. The van der Waals surface area contributed by atoms with Crippen LogP contribution in [-0.4, -0.2) is 41.1 Å². The van der Waals surface area contributed by atoms with E-state index in [0.29, 0.717) is 24.7 Å². The van der Waals surface area contributed by atoms with Crippen LogP contribution >= 0.6 is 11.6 Å². The van der Waals surface area contributed by atoms with Gasteiger partial charge in [0.25, 0.3) is 0 Å². The molecule has 1 aromatic carbocycles. The van der Waals surface area contributed by atoms with Gasteiger partial charge in [0.05, 0.1) is 12.1 Å². The first-order valence-electron chi connectivity index (χ1n) is 6.01. The lowest BCUT2D eigenvalue weighted by molar-refractivity contribution is -0.128. The molecule has 18 heavy (non-hydrogen) atoms. The number of carbonyl (C=O) groups is 1. The first-order chi connectivity index (χ1) is 8.50. The minimum Gasteiger partial charge on any atom is -0.387 e. The Labute approximate surface area is 112 Å². The summed E-state index contributed by atoms with van der Waals surface area (Å²) in [6, 6.07) is 6.99. The molecule has 1 heterocycles. The highest BCUT2D eigenvalue weighted by Crippen LogP contribution is 2.23. The molecule has 1 fully saturated rings. The van der Waals surface area contributed by atoms with Gasteiger partial charge in [-0.2, -0.15) is 0 Å². The van der Waals surface area contributed by atoms with E-state index in [1.807, 2.05) is 11.8 Å². The van der Waals surface area contributed by atoms with Crippen molar-refractivity contribution in [1.29, 1.82) is 0 Å². The van der Waals surface area contributed by atoms with Gasteiger partial charge >= 0.3 is 0 Å². The first kappa shape index (κ1) is 13.3. The van der Waals surface area contributed by atoms with Crippen LogP contribution in [0.2, 0.25) is 5.02 Å². The average molecular weight is 269 g/mol. The molecule has 1 aliphatic rings. The van der Waals surface area contributed by atoms with Gasteiger partial charge < -0.3 is 10.4 Å². The Hall–Kier alpha value is -1.10. The van der Waals surface area contributed by atoms with Crippen LogP contribution in [-0.2, 0) is 4.79 Å². The number of halogens is 1. The van der Waals surface area contributed by atoms with Crippen molar-refractivity contribution in [3.05, 3.63) is 29.3 Å². The second kappa shape index (κ2) is 5.26. The molecule has 0 bridgehead atoms. The number of aliphatic hydroxyl groups is 1. The van der Waals surface area contributed by atoms with Crippen LogP contribution in [0, 0.1) is 0 Å². The Kier molecular flexibility index (Phi) is 3.90. The molecule has 0 aliphatic carbocycles. The third kappa shape index (κ3) is 3.22. The van der Waals surface area contributed by atoms with Crippen molar-refractivity contribution in [1.82, 2.24) is 4.90 Å². The van der Waals surface area contributed by atoms with Crippen LogP contribution in [0.15, 0.2) is 24.3 Å². The highest BCUT2D eigenvalue weighted by atomic mass is 35.5. The van der Waals surface area contributed by atoms with Gasteiger partial charge in [-0.3, -0.25) is 9.69 Å². The molecule has 4 nitrogen and oxygen atoms in total. The zero-order valence-corrected chi connectivity index (χ0v) is 11.1. The van der Waals surface area contributed by atoms with Crippen LogP contribution < -0.4 is 5.32 Å². The molecule has 1 aromatic rings. The molecule has 0 saturated carbocycles. The van der Waals surface area contributed by atoms with E-state index >= 15 is 0 Å². The highest BCUT2D eigenvalue weighted by molar-refractivity contribution is 6.30. The second-order valence-electron chi connectivity index (χ2n) is 4.78. The summed E-state index contributed by atoms with van der Waals surface area (Å²) in [5.41, 5.74) is 0.135. The highest BCUT2D eigenvalue weighted by Gasteiger charge is 2.39. The quantitative estimate of drug-likeness (QED) is 0.875. The fourth-order valence-corrected chi connectivity index (χ4v) is 2.18. The van der Waals surface area contributed by atoms with Crippen molar-refractivity contribution in [2.24, 2.45) is 0 Å².